The molecule has 3 aromatic carbocycles. The van der Waals surface area contributed by atoms with Crippen molar-refractivity contribution >= 4 is 40.1 Å². The van der Waals surface area contributed by atoms with Gasteiger partial charge in [-0.1, -0.05) is 60.7 Å². The first kappa shape index (κ1) is 22.3. The van der Waals surface area contributed by atoms with E-state index < -0.39 is 0 Å². The molecule has 168 valence electrons. The molecule has 1 atom stereocenters. The van der Waals surface area contributed by atoms with E-state index in [1.807, 2.05) is 36.4 Å². The average Bonchev–Trinajstić information content (AvgIpc) is 3.15. The van der Waals surface area contributed by atoms with Gasteiger partial charge in [0.1, 0.15) is 0 Å². The van der Waals surface area contributed by atoms with Gasteiger partial charge in [0.25, 0.3) is 5.91 Å². The summed E-state index contributed by atoms with van der Waals surface area (Å²) in [6.45, 7) is 3.21. The second kappa shape index (κ2) is 9.75. The van der Waals surface area contributed by atoms with Crippen molar-refractivity contribution in [2.45, 2.75) is 18.5 Å². The van der Waals surface area contributed by atoms with Crippen molar-refractivity contribution in [1.82, 2.24) is 9.80 Å². The van der Waals surface area contributed by atoms with E-state index in [9.17, 15) is 9.59 Å². The van der Waals surface area contributed by atoms with Crippen LogP contribution in [0.1, 0.15) is 23.6 Å². The molecule has 2 fully saturated rings. The molecule has 1 unspecified atom stereocenters. The van der Waals surface area contributed by atoms with Crippen molar-refractivity contribution in [3.63, 3.8) is 0 Å². The molecule has 0 aliphatic carbocycles. The maximum Gasteiger partial charge on any atom is 0.251 e. The summed E-state index contributed by atoms with van der Waals surface area (Å²) in [5.74, 6) is -0.211. The Bertz CT molecular complexity index is 1070. The van der Waals surface area contributed by atoms with Gasteiger partial charge in [-0.2, -0.15) is 0 Å². The van der Waals surface area contributed by atoms with Crippen LogP contribution in [-0.2, 0) is 9.59 Å². The van der Waals surface area contributed by atoms with Gasteiger partial charge in [-0.25, -0.2) is 4.90 Å². The van der Waals surface area contributed by atoms with E-state index in [2.05, 4.69) is 80.9 Å². The second-order valence-electron chi connectivity index (χ2n) is 8.56. The first-order chi connectivity index (χ1) is 16.1. The van der Waals surface area contributed by atoms with Crippen LogP contribution in [0, 0.1) is 3.57 Å². The molecule has 33 heavy (non-hydrogen) atoms. The van der Waals surface area contributed by atoms with Gasteiger partial charge in [-0.15, -0.1) is 0 Å². The predicted octanol–water partition coefficient (Wildman–Crippen LogP) is 4.33. The van der Waals surface area contributed by atoms with E-state index in [1.54, 1.807) is 0 Å². The largest absolute Gasteiger partial charge is 0.290 e. The number of hydrogen-bond acceptors (Lipinski definition) is 4. The minimum Gasteiger partial charge on any atom is -0.290 e. The van der Waals surface area contributed by atoms with Gasteiger partial charge in [0.15, 0.2) is 0 Å². The average molecular weight is 551 g/mol. The SMILES string of the molecule is O=C1CC(N2CCN(C(c3ccccc3)c3ccccc3)CC2)C(=O)N1c1ccc(I)cc1. The van der Waals surface area contributed by atoms with Gasteiger partial charge < -0.3 is 0 Å². The van der Waals surface area contributed by atoms with E-state index in [4.69, 9.17) is 0 Å². The molecule has 5 rings (SSSR count). The Morgan fingerprint density at radius 1 is 0.727 bits per heavy atom. The number of halogens is 1. The first-order valence-corrected chi connectivity index (χ1v) is 12.4. The summed E-state index contributed by atoms with van der Waals surface area (Å²) >= 11 is 2.22. The molecular formula is C27H26IN3O2. The number of hydrogen-bond donors (Lipinski definition) is 0. The Balaban J connectivity index is 1.31. The minimum atomic E-state index is -0.370. The summed E-state index contributed by atoms with van der Waals surface area (Å²) in [7, 11) is 0. The van der Waals surface area contributed by atoms with Crippen molar-refractivity contribution in [2.75, 3.05) is 31.1 Å². The van der Waals surface area contributed by atoms with Crippen LogP contribution in [0.15, 0.2) is 84.9 Å². The van der Waals surface area contributed by atoms with Gasteiger partial charge in [-0.05, 0) is 58.0 Å². The van der Waals surface area contributed by atoms with Crippen molar-refractivity contribution in [3.8, 4) is 0 Å². The van der Waals surface area contributed by atoms with Crippen molar-refractivity contribution in [3.05, 3.63) is 99.6 Å². The van der Waals surface area contributed by atoms with Gasteiger partial charge in [-0.3, -0.25) is 19.4 Å². The summed E-state index contributed by atoms with van der Waals surface area (Å²) in [5.41, 5.74) is 3.21. The van der Waals surface area contributed by atoms with Crippen LogP contribution in [0.25, 0.3) is 0 Å². The van der Waals surface area contributed by atoms with Crippen LogP contribution in [-0.4, -0.2) is 53.8 Å². The molecule has 2 aliphatic rings. The quantitative estimate of drug-likeness (QED) is 0.350. The molecule has 0 aromatic heterocycles. The zero-order valence-corrected chi connectivity index (χ0v) is 20.5. The zero-order chi connectivity index (χ0) is 22.8. The zero-order valence-electron chi connectivity index (χ0n) is 18.3. The van der Waals surface area contributed by atoms with E-state index in [1.165, 1.54) is 16.0 Å². The molecule has 2 saturated heterocycles. The van der Waals surface area contributed by atoms with Crippen LogP contribution in [0.3, 0.4) is 0 Å². The number of nitrogens with zero attached hydrogens (tertiary/aromatic N) is 3. The summed E-state index contributed by atoms with van der Waals surface area (Å²) < 4.78 is 1.08. The third-order valence-electron chi connectivity index (χ3n) is 6.59. The molecule has 2 aliphatic heterocycles. The first-order valence-electron chi connectivity index (χ1n) is 11.3. The topological polar surface area (TPSA) is 43.9 Å². The number of rotatable bonds is 5. The molecule has 2 amide bonds. The molecule has 2 heterocycles. The van der Waals surface area contributed by atoms with E-state index in [0.29, 0.717) is 5.69 Å². The summed E-state index contributed by atoms with van der Waals surface area (Å²) in [5, 5.41) is 0. The Hall–Kier alpha value is -2.55. The highest BCUT2D eigenvalue weighted by Gasteiger charge is 2.43. The third-order valence-corrected chi connectivity index (χ3v) is 7.31. The van der Waals surface area contributed by atoms with E-state index in [-0.39, 0.29) is 30.3 Å². The molecule has 0 spiro atoms. The molecule has 0 N–H and O–H groups in total. The standard InChI is InChI=1S/C27H26IN3O2/c28-22-11-13-23(14-12-22)31-25(32)19-24(27(31)33)29-15-17-30(18-16-29)26(20-7-3-1-4-8-20)21-9-5-2-6-10-21/h1-14,24,26H,15-19H2. The molecule has 0 saturated carbocycles. The number of anilines is 1. The van der Waals surface area contributed by atoms with Crippen molar-refractivity contribution in [1.29, 1.82) is 0 Å². The molecule has 0 radical (unpaired) electrons. The van der Waals surface area contributed by atoms with E-state index >= 15 is 0 Å². The van der Waals surface area contributed by atoms with Crippen molar-refractivity contribution in [2.24, 2.45) is 0 Å². The van der Waals surface area contributed by atoms with Gasteiger partial charge in [0, 0.05) is 29.7 Å². The summed E-state index contributed by atoms with van der Waals surface area (Å²) in [6, 6.07) is 28.5. The summed E-state index contributed by atoms with van der Waals surface area (Å²) in [4.78, 5) is 32.0. The van der Waals surface area contributed by atoms with Crippen LogP contribution >= 0.6 is 22.6 Å². The number of benzene rings is 3. The van der Waals surface area contributed by atoms with Gasteiger partial charge in [0.2, 0.25) is 5.91 Å². The number of amides is 2. The lowest BCUT2D eigenvalue weighted by molar-refractivity contribution is -0.123. The fraction of sp³-hybridized carbons (Fsp3) is 0.259. The predicted molar refractivity (Wildman–Crippen MR) is 138 cm³/mol. The number of carbonyl (C=O) groups is 2. The highest BCUT2D eigenvalue weighted by Crippen LogP contribution is 2.31. The molecule has 3 aromatic rings. The molecule has 5 nitrogen and oxygen atoms in total. The van der Waals surface area contributed by atoms with Gasteiger partial charge >= 0.3 is 0 Å². The Kier molecular flexibility index (Phi) is 6.57. The maximum atomic E-state index is 13.2. The third kappa shape index (κ3) is 4.60. The molecular weight excluding hydrogens is 525 g/mol. The lowest BCUT2D eigenvalue weighted by atomic mass is 9.96. The highest BCUT2D eigenvalue weighted by molar-refractivity contribution is 14.1. The maximum absolute atomic E-state index is 13.2. The molecule has 6 heteroatoms. The highest BCUT2D eigenvalue weighted by atomic mass is 127. The van der Waals surface area contributed by atoms with Crippen LogP contribution in [0.4, 0.5) is 5.69 Å². The normalized spacial score (nSPS) is 20.1. The lowest BCUT2D eigenvalue weighted by Gasteiger charge is -2.41. The van der Waals surface area contributed by atoms with E-state index in [0.717, 1.165) is 29.7 Å². The number of carbonyl (C=O) groups excluding carboxylic acids is 2. The Morgan fingerprint density at radius 3 is 1.82 bits per heavy atom. The number of piperazine rings is 1. The fourth-order valence-electron chi connectivity index (χ4n) is 4.95. The van der Waals surface area contributed by atoms with Crippen LogP contribution < -0.4 is 4.90 Å². The monoisotopic (exact) mass is 551 g/mol. The minimum absolute atomic E-state index is 0.0997. The summed E-state index contributed by atoms with van der Waals surface area (Å²) in [6.07, 6.45) is 0.256. The fourth-order valence-corrected chi connectivity index (χ4v) is 5.31. The Labute approximate surface area is 208 Å². The Morgan fingerprint density at radius 2 is 1.27 bits per heavy atom. The number of imide groups is 1. The van der Waals surface area contributed by atoms with Crippen LogP contribution in [0.5, 0.6) is 0 Å². The smallest absolute Gasteiger partial charge is 0.251 e. The van der Waals surface area contributed by atoms with Gasteiger partial charge in [0.05, 0.1) is 24.2 Å². The van der Waals surface area contributed by atoms with Crippen molar-refractivity contribution < 1.29 is 9.59 Å². The molecule has 0 bridgehead atoms. The second-order valence-corrected chi connectivity index (χ2v) is 9.81. The van der Waals surface area contributed by atoms with Crippen LogP contribution in [0.2, 0.25) is 0 Å². The lowest BCUT2D eigenvalue weighted by Crippen LogP contribution is -2.53.